The standard InChI is InChI=1S/C24H35NO3/c1-2-3-6-18-10-13-20(14-11-18)24(28)25-16-5-8-21-17-19(12-15-22(21)25)7-4-9-23(26)27/h12,15,17-18,20H,2-11,13-14,16H2,1H3,(H,26,27). The number of unbranched alkanes of at least 4 members (excludes halogenated alkanes) is 1. The molecule has 0 spiro atoms. The number of benzene rings is 1. The van der Waals surface area contributed by atoms with Crippen LogP contribution in [0, 0.1) is 11.8 Å². The Labute approximate surface area is 169 Å². The smallest absolute Gasteiger partial charge is 0.303 e. The number of aliphatic carboxylic acids is 1. The van der Waals surface area contributed by atoms with Crippen LogP contribution in [-0.4, -0.2) is 23.5 Å². The molecule has 1 N–H and O–H groups in total. The van der Waals surface area contributed by atoms with Gasteiger partial charge < -0.3 is 10.0 Å². The van der Waals surface area contributed by atoms with Gasteiger partial charge in [0.15, 0.2) is 0 Å². The third-order valence-corrected chi connectivity index (χ3v) is 6.55. The van der Waals surface area contributed by atoms with Crippen LogP contribution in [0.3, 0.4) is 0 Å². The zero-order valence-corrected chi connectivity index (χ0v) is 17.3. The number of carboxylic acid groups (broad SMARTS) is 1. The molecule has 1 aliphatic carbocycles. The quantitative estimate of drug-likeness (QED) is 0.654. The van der Waals surface area contributed by atoms with E-state index in [1.54, 1.807) is 0 Å². The Hall–Kier alpha value is -1.84. The molecule has 2 aliphatic rings. The normalized spacial score (nSPS) is 22.0. The van der Waals surface area contributed by atoms with Gasteiger partial charge in [-0.25, -0.2) is 0 Å². The summed E-state index contributed by atoms with van der Waals surface area (Å²) in [6, 6.07) is 6.36. The Balaban J connectivity index is 1.60. The first-order valence-corrected chi connectivity index (χ1v) is 11.2. The molecule has 1 aromatic carbocycles. The summed E-state index contributed by atoms with van der Waals surface area (Å²) in [6.07, 6.45) is 12.1. The lowest BCUT2D eigenvalue weighted by Crippen LogP contribution is -2.40. The summed E-state index contributed by atoms with van der Waals surface area (Å²) in [5.41, 5.74) is 3.53. The zero-order chi connectivity index (χ0) is 19.9. The molecule has 4 heteroatoms. The molecule has 0 radical (unpaired) electrons. The third kappa shape index (κ3) is 5.36. The van der Waals surface area contributed by atoms with Crippen molar-refractivity contribution in [2.75, 3.05) is 11.4 Å². The van der Waals surface area contributed by atoms with Crippen LogP contribution in [0.15, 0.2) is 18.2 Å². The number of fused-ring (bicyclic) bond motifs is 1. The van der Waals surface area contributed by atoms with E-state index >= 15 is 0 Å². The van der Waals surface area contributed by atoms with Crippen LogP contribution in [-0.2, 0) is 22.4 Å². The largest absolute Gasteiger partial charge is 0.481 e. The average molecular weight is 386 g/mol. The summed E-state index contributed by atoms with van der Waals surface area (Å²) in [6.45, 7) is 3.08. The monoisotopic (exact) mass is 385 g/mol. The molecule has 0 aromatic heterocycles. The Morgan fingerprint density at radius 1 is 1.14 bits per heavy atom. The van der Waals surface area contributed by atoms with E-state index in [1.165, 1.54) is 43.2 Å². The molecule has 1 amide bonds. The van der Waals surface area contributed by atoms with Gasteiger partial charge in [0.05, 0.1) is 0 Å². The maximum absolute atomic E-state index is 13.2. The van der Waals surface area contributed by atoms with E-state index in [4.69, 9.17) is 5.11 Å². The minimum Gasteiger partial charge on any atom is -0.481 e. The van der Waals surface area contributed by atoms with Gasteiger partial charge in [-0.1, -0.05) is 38.3 Å². The molecule has 1 saturated carbocycles. The van der Waals surface area contributed by atoms with E-state index in [-0.39, 0.29) is 12.3 Å². The molecular weight excluding hydrogens is 350 g/mol. The molecule has 0 bridgehead atoms. The first kappa shape index (κ1) is 20.9. The fourth-order valence-corrected chi connectivity index (χ4v) is 4.89. The van der Waals surface area contributed by atoms with E-state index < -0.39 is 5.97 Å². The second-order valence-corrected chi connectivity index (χ2v) is 8.66. The van der Waals surface area contributed by atoms with Crippen molar-refractivity contribution in [3.8, 4) is 0 Å². The third-order valence-electron chi connectivity index (χ3n) is 6.55. The van der Waals surface area contributed by atoms with E-state index in [2.05, 4.69) is 25.1 Å². The molecular formula is C24H35NO3. The highest BCUT2D eigenvalue weighted by molar-refractivity contribution is 5.96. The number of aryl methyl sites for hydroxylation is 2. The summed E-state index contributed by atoms with van der Waals surface area (Å²) < 4.78 is 0. The highest BCUT2D eigenvalue weighted by atomic mass is 16.4. The topological polar surface area (TPSA) is 57.6 Å². The van der Waals surface area contributed by atoms with Crippen molar-refractivity contribution < 1.29 is 14.7 Å². The SMILES string of the molecule is CCCCC1CCC(C(=O)N2CCCc3cc(CCCC(=O)O)ccc32)CC1. The first-order valence-electron chi connectivity index (χ1n) is 11.2. The molecule has 1 fully saturated rings. The van der Waals surface area contributed by atoms with Crippen LogP contribution >= 0.6 is 0 Å². The van der Waals surface area contributed by atoms with Crippen molar-refractivity contribution in [1.29, 1.82) is 0 Å². The second-order valence-electron chi connectivity index (χ2n) is 8.66. The molecule has 1 heterocycles. The van der Waals surface area contributed by atoms with Gasteiger partial charge in [0.2, 0.25) is 5.91 Å². The van der Waals surface area contributed by atoms with Crippen molar-refractivity contribution in [1.82, 2.24) is 0 Å². The average Bonchev–Trinajstić information content (AvgIpc) is 2.71. The lowest BCUT2D eigenvalue weighted by Gasteiger charge is -2.35. The molecule has 1 aromatic rings. The van der Waals surface area contributed by atoms with Gasteiger partial charge in [-0.05, 0) is 74.5 Å². The van der Waals surface area contributed by atoms with Crippen LogP contribution in [0.25, 0.3) is 0 Å². The number of anilines is 1. The van der Waals surface area contributed by atoms with Crippen LogP contribution in [0.4, 0.5) is 5.69 Å². The summed E-state index contributed by atoms with van der Waals surface area (Å²) in [4.78, 5) is 26.0. The summed E-state index contributed by atoms with van der Waals surface area (Å²) in [5.74, 6) is 0.609. The number of nitrogens with zero attached hydrogens (tertiary/aromatic N) is 1. The fraction of sp³-hybridized carbons (Fsp3) is 0.667. The van der Waals surface area contributed by atoms with Crippen LogP contribution in [0.2, 0.25) is 0 Å². The molecule has 0 unspecified atom stereocenters. The molecule has 154 valence electrons. The zero-order valence-electron chi connectivity index (χ0n) is 17.3. The predicted octanol–water partition coefficient (Wildman–Crippen LogP) is 5.37. The van der Waals surface area contributed by atoms with E-state index in [1.807, 2.05) is 4.90 Å². The van der Waals surface area contributed by atoms with Crippen LogP contribution in [0.5, 0.6) is 0 Å². The van der Waals surface area contributed by atoms with Gasteiger partial charge in [0.25, 0.3) is 0 Å². The molecule has 1 aliphatic heterocycles. The van der Waals surface area contributed by atoms with Gasteiger partial charge in [-0.15, -0.1) is 0 Å². The van der Waals surface area contributed by atoms with Crippen molar-refractivity contribution in [3.05, 3.63) is 29.3 Å². The highest BCUT2D eigenvalue weighted by Crippen LogP contribution is 2.36. The number of carbonyl (C=O) groups is 2. The van der Waals surface area contributed by atoms with Crippen molar-refractivity contribution in [3.63, 3.8) is 0 Å². The summed E-state index contributed by atoms with van der Waals surface area (Å²) in [7, 11) is 0. The Morgan fingerprint density at radius 3 is 2.64 bits per heavy atom. The summed E-state index contributed by atoms with van der Waals surface area (Å²) >= 11 is 0. The van der Waals surface area contributed by atoms with Crippen molar-refractivity contribution in [2.24, 2.45) is 11.8 Å². The van der Waals surface area contributed by atoms with Gasteiger partial charge in [-0.2, -0.15) is 0 Å². The maximum Gasteiger partial charge on any atom is 0.303 e. The predicted molar refractivity (Wildman–Crippen MR) is 113 cm³/mol. The Bertz CT molecular complexity index is 676. The second kappa shape index (κ2) is 10.1. The molecule has 4 nitrogen and oxygen atoms in total. The number of hydrogen-bond donors (Lipinski definition) is 1. The minimum atomic E-state index is -0.737. The molecule has 0 atom stereocenters. The maximum atomic E-state index is 13.2. The Morgan fingerprint density at radius 2 is 1.93 bits per heavy atom. The van der Waals surface area contributed by atoms with Crippen molar-refractivity contribution in [2.45, 2.75) is 84.0 Å². The number of rotatable bonds is 8. The van der Waals surface area contributed by atoms with Crippen molar-refractivity contribution >= 4 is 17.6 Å². The van der Waals surface area contributed by atoms with Gasteiger partial charge >= 0.3 is 5.97 Å². The molecule has 28 heavy (non-hydrogen) atoms. The van der Waals surface area contributed by atoms with Crippen LogP contribution in [0.1, 0.15) is 82.3 Å². The number of carbonyl (C=O) groups excluding carboxylic acids is 1. The first-order chi connectivity index (χ1) is 13.6. The van der Waals surface area contributed by atoms with E-state index in [0.717, 1.165) is 50.3 Å². The Kier molecular flexibility index (Phi) is 7.52. The van der Waals surface area contributed by atoms with Gasteiger partial charge in [0.1, 0.15) is 0 Å². The lowest BCUT2D eigenvalue weighted by atomic mass is 9.79. The highest BCUT2D eigenvalue weighted by Gasteiger charge is 2.31. The minimum absolute atomic E-state index is 0.194. The number of amides is 1. The van der Waals surface area contributed by atoms with E-state index in [9.17, 15) is 9.59 Å². The lowest BCUT2D eigenvalue weighted by molar-refractivity contribution is -0.137. The van der Waals surface area contributed by atoms with Gasteiger partial charge in [-0.3, -0.25) is 9.59 Å². The fourth-order valence-electron chi connectivity index (χ4n) is 4.89. The number of carboxylic acids is 1. The number of hydrogen-bond acceptors (Lipinski definition) is 2. The van der Waals surface area contributed by atoms with Crippen LogP contribution < -0.4 is 4.90 Å². The molecule has 3 rings (SSSR count). The van der Waals surface area contributed by atoms with E-state index in [0.29, 0.717) is 12.3 Å². The molecule has 0 saturated heterocycles. The van der Waals surface area contributed by atoms with Gasteiger partial charge in [0, 0.05) is 24.6 Å². The summed E-state index contributed by atoms with van der Waals surface area (Å²) in [5, 5.41) is 8.82.